The number of thioether (sulfide) groups is 1. The van der Waals surface area contributed by atoms with Gasteiger partial charge in [-0.2, -0.15) is 0 Å². The SMILES string of the molecule is O=[N+]([O-])c1ccc([C@H](O)[C@H](CO)NP2(=O)C=C(c3ccccc3)SC(c3ccccc3)=C2)cc1. The van der Waals surface area contributed by atoms with Crippen LogP contribution in [0.15, 0.2) is 96.6 Å². The highest BCUT2D eigenvalue weighted by Gasteiger charge is 2.31. The van der Waals surface area contributed by atoms with Gasteiger partial charge in [0.1, 0.15) is 0 Å². The molecule has 0 amide bonds. The molecule has 0 saturated carbocycles. The zero-order valence-corrected chi connectivity index (χ0v) is 19.7. The number of nitro benzene ring substituents is 1. The van der Waals surface area contributed by atoms with Crippen molar-refractivity contribution < 1.29 is 19.7 Å². The first-order chi connectivity index (χ1) is 16.4. The smallest absolute Gasteiger partial charge is 0.269 e. The van der Waals surface area contributed by atoms with E-state index in [1.54, 1.807) is 11.6 Å². The van der Waals surface area contributed by atoms with Gasteiger partial charge in [0.15, 0.2) is 7.29 Å². The Balaban J connectivity index is 1.67. The highest BCUT2D eigenvalue weighted by Crippen LogP contribution is 2.59. The molecule has 0 aromatic heterocycles. The molecular formula is C25H23N2O5PS. The molecule has 0 aliphatic carbocycles. The van der Waals surface area contributed by atoms with Crippen molar-refractivity contribution >= 4 is 34.6 Å². The minimum atomic E-state index is -3.35. The first-order valence-corrected chi connectivity index (χ1v) is 13.2. The molecule has 0 radical (unpaired) electrons. The Morgan fingerprint density at radius 3 is 1.82 bits per heavy atom. The quantitative estimate of drug-likeness (QED) is 0.212. The van der Waals surface area contributed by atoms with Crippen molar-refractivity contribution in [3.63, 3.8) is 0 Å². The van der Waals surface area contributed by atoms with E-state index in [1.165, 1.54) is 36.0 Å². The number of aliphatic hydroxyl groups is 2. The normalized spacial score (nSPS) is 16.8. The first kappa shape index (κ1) is 24.1. The van der Waals surface area contributed by atoms with Gasteiger partial charge in [0, 0.05) is 33.6 Å². The van der Waals surface area contributed by atoms with Crippen LogP contribution in [0.4, 0.5) is 5.69 Å². The number of benzene rings is 3. The number of nitrogens with zero attached hydrogens (tertiary/aromatic N) is 1. The van der Waals surface area contributed by atoms with Gasteiger partial charge in [0.05, 0.1) is 23.7 Å². The summed E-state index contributed by atoms with van der Waals surface area (Å²) >= 11 is 1.50. The topological polar surface area (TPSA) is 113 Å². The molecule has 0 unspecified atom stereocenters. The van der Waals surface area contributed by atoms with Gasteiger partial charge in [0.2, 0.25) is 0 Å². The van der Waals surface area contributed by atoms with E-state index < -0.39 is 31.0 Å². The van der Waals surface area contributed by atoms with E-state index in [0.717, 1.165) is 20.9 Å². The molecule has 1 heterocycles. The molecule has 0 saturated heterocycles. The van der Waals surface area contributed by atoms with E-state index in [4.69, 9.17) is 0 Å². The van der Waals surface area contributed by atoms with Gasteiger partial charge >= 0.3 is 0 Å². The summed E-state index contributed by atoms with van der Waals surface area (Å²) in [5.41, 5.74) is 2.09. The van der Waals surface area contributed by atoms with E-state index >= 15 is 0 Å². The summed E-state index contributed by atoms with van der Waals surface area (Å²) in [6.45, 7) is -0.488. The lowest BCUT2D eigenvalue weighted by Crippen LogP contribution is -2.35. The molecule has 7 nitrogen and oxygen atoms in total. The molecule has 0 fully saturated rings. The molecule has 3 N–H and O–H groups in total. The molecule has 0 bridgehead atoms. The molecule has 34 heavy (non-hydrogen) atoms. The summed E-state index contributed by atoms with van der Waals surface area (Å²) < 4.78 is 14.1. The number of rotatable bonds is 8. The van der Waals surface area contributed by atoms with Crippen LogP contribution < -0.4 is 5.09 Å². The number of aliphatic hydroxyl groups excluding tert-OH is 2. The number of nitrogens with one attached hydrogen (secondary N) is 1. The van der Waals surface area contributed by atoms with E-state index in [1.807, 2.05) is 60.7 Å². The van der Waals surface area contributed by atoms with Crippen LogP contribution in [0.25, 0.3) is 9.81 Å². The van der Waals surface area contributed by atoms with Gasteiger partial charge in [-0.05, 0) is 28.8 Å². The molecule has 4 rings (SSSR count). The molecule has 1 aliphatic rings. The van der Waals surface area contributed by atoms with Crippen molar-refractivity contribution in [1.29, 1.82) is 0 Å². The molecule has 3 aromatic rings. The van der Waals surface area contributed by atoms with Crippen molar-refractivity contribution in [3.8, 4) is 0 Å². The Bertz CT molecular complexity index is 1200. The Kier molecular flexibility index (Phi) is 7.46. The van der Waals surface area contributed by atoms with Crippen LogP contribution in [0.5, 0.6) is 0 Å². The average molecular weight is 495 g/mol. The van der Waals surface area contributed by atoms with Gasteiger partial charge in [-0.1, -0.05) is 72.4 Å². The summed E-state index contributed by atoms with van der Waals surface area (Å²) in [5, 5.41) is 34.8. The minimum absolute atomic E-state index is 0.104. The largest absolute Gasteiger partial charge is 0.395 e. The fourth-order valence-corrected chi connectivity index (χ4v) is 7.66. The number of non-ortho nitro benzene ring substituents is 1. The fourth-order valence-electron chi connectivity index (χ4n) is 3.60. The predicted molar refractivity (Wildman–Crippen MR) is 136 cm³/mol. The number of hydrogen-bond acceptors (Lipinski definition) is 6. The van der Waals surface area contributed by atoms with Crippen molar-refractivity contribution in [3.05, 3.63) is 123 Å². The molecule has 1 aliphatic heterocycles. The van der Waals surface area contributed by atoms with E-state index in [0.29, 0.717) is 5.56 Å². The average Bonchev–Trinajstić information content (AvgIpc) is 2.87. The van der Waals surface area contributed by atoms with Crippen molar-refractivity contribution in [2.75, 3.05) is 6.61 Å². The molecule has 2 atom stereocenters. The van der Waals surface area contributed by atoms with E-state index in [9.17, 15) is 24.9 Å². The maximum atomic E-state index is 14.1. The zero-order valence-electron chi connectivity index (χ0n) is 18.0. The second-order valence-electron chi connectivity index (χ2n) is 7.74. The maximum Gasteiger partial charge on any atom is 0.269 e. The van der Waals surface area contributed by atoms with Gasteiger partial charge in [-0.15, -0.1) is 0 Å². The van der Waals surface area contributed by atoms with Gasteiger partial charge in [0.25, 0.3) is 5.69 Å². The summed E-state index contributed by atoms with van der Waals surface area (Å²) in [5.74, 6) is 3.31. The van der Waals surface area contributed by atoms with Crippen LogP contribution in [0.3, 0.4) is 0 Å². The van der Waals surface area contributed by atoms with Crippen LogP contribution >= 0.6 is 19.1 Å². The monoisotopic (exact) mass is 494 g/mol. The summed E-state index contributed by atoms with van der Waals surface area (Å²) in [6, 6.07) is 23.7. The molecule has 3 aromatic carbocycles. The minimum Gasteiger partial charge on any atom is -0.395 e. The summed E-state index contributed by atoms with van der Waals surface area (Å²) in [6.07, 6.45) is -1.23. The highest BCUT2D eigenvalue weighted by molar-refractivity contribution is 8.17. The van der Waals surface area contributed by atoms with Crippen molar-refractivity contribution in [2.24, 2.45) is 0 Å². The van der Waals surface area contributed by atoms with Gasteiger partial charge in [-0.3, -0.25) is 19.8 Å². The third-order valence-electron chi connectivity index (χ3n) is 5.35. The highest BCUT2D eigenvalue weighted by atomic mass is 32.2. The van der Waals surface area contributed by atoms with E-state index in [-0.39, 0.29) is 5.69 Å². The van der Waals surface area contributed by atoms with Crippen LogP contribution in [-0.4, -0.2) is 27.8 Å². The summed E-state index contributed by atoms with van der Waals surface area (Å²) in [7, 11) is -3.35. The van der Waals surface area contributed by atoms with Crippen LogP contribution in [0, 0.1) is 10.1 Å². The third kappa shape index (κ3) is 5.55. The van der Waals surface area contributed by atoms with E-state index in [2.05, 4.69) is 5.09 Å². The Labute approximate surface area is 201 Å². The lowest BCUT2D eigenvalue weighted by Gasteiger charge is -2.28. The Morgan fingerprint density at radius 2 is 1.38 bits per heavy atom. The van der Waals surface area contributed by atoms with Gasteiger partial charge in [-0.25, -0.2) is 0 Å². The Morgan fingerprint density at radius 1 is 0.882 bits per heavy atom. The molecular weight excluding hydrogens is 471 g/mol. The summed E-state index contributed by atoms with van der Waals surface area (Å²) in [4.78, 5) is 12.0. The maximum absolute atomic E-state index is 14.1. The van der Waals surface area contributed by atoms with Gasteiger partial charge < -0.3 is 10.2 Å². The molecule has 174 valence electrons. The lowest BCUT2D eigenvalue weighted by molar-refractivity contribution is -0.384. The molecule has 9 heteroatoms. The second kappa shape index (κ2) is 10.5. The zero-order chi connectivity index (χ0) is 24.1. The number of hydrogen-bond donors (Lipinski definition) is 3. The lowest BCUT2D eigenvalue weighted by atomic mass is 10.0. The third-order valence-corrected chi connectivity index (χ3v) is 8.86. The first-order valence-electron chi connectivity index (χ1n) is 10.5. The number of nitro groups is 1. The predicted octanol–water partition coefficient (Wildman–Crippen LogP) is 5.60. The Hall–Kier alpha value is -3.00. The fraction of sp³-hybridized carbons (Fsp3) is 0.120. The standard InChI is InChI=1S/C25H23N2O5PS/c28-15-22(25(29)20-11-13-21(14-12-20)27(30)31)26-33(32)16-23(18-7-3-1-4-8-18)34-24(17-33)19-9-5-2-6-10-19/h1-14,16-17,22,25,28-29H,15H2,(H,26,32)/t22-,25-/m0/s1. The molecule has 0 spiro atoms. The van der Waals surface area contributed by atoms with Crippen LogP contribution in [0.1, 0.15) is 22.8 Å². The van der Waals surface area contributed by atoms with Crippen molar-refractivity contribution in [2.45, 2.75) is 12.1 Å². The van der Waals surface area contributed by atoms with Crippen molar-refractivity contribution in [1.82, 2.24) is 5.09 Å². The van der Waals surface area contributed by atoms with Crippen LogP contribution in [0.2, 0.25) is 0 Å². The van der Waals surface area contributed by atoms with Crippen LogP contribution in [-0.2, 0) is 4.57 Å². The second-order valence-corrected chi connectivity index (χ2v) is 11.0.